The van der Waals surface area contributed by atoms with E-state index < -0.39 is 41.7 Å². The molecule has 28 heavy (non-hydrogen) atoms. The van der Waals surface area contributed by atoms with Crippen molar-refractivity contribution in [3.8, 4) is 0 Å². The van der Waals surface area contributed by atoms with E-state index in [0.29, 0.717) is 0 Å². The number of hydrogen-bond acceptors (Lipinski definition) is 11. The molecule has 0 saturated carbocycles. The van der Waals surface area contributed by atoms with Crippen LogP contribution < -0.4 is 11.3 Å². The lowest BCUT2D eigenvalue weighted by molar-refractivity contribution is 0.0727. The third-order valence-electron chi connectivity index (χ3n) is 2.75. The Kier molecular flexibility index (Phi) is 6.60. The molecule has 0 bridgehead atoms. The number of nitrogens with one attached hydrogen (secondary N) is 1. The van der Waals surface area contributed by atoms with Crippen molar-refractivity contribution >= 4 is 40.6 Å². The lowest BCUT2D eigenvalue weighted by Gasteiger charge is -2.18. The summed E-state index contributed by atoms with van der Waals surface area (Å²) >= 11 is 0. The van der Waals surface area contributed by atoms with E-state index in [2.05, 4.69) is 28.1 Å². The lowest BCUT2D eigenvalue weighted by atomic mass is 10.4. The highest BCUT2D eigenvalue weighted by molar-refractivity contribution is 7.66. The molecule has 8 N–H and O–H groups in total. The van der Waals surface area contributed by atoms with E-state index in [1.54, 1.807) is 0 Å². The molecule has 0 aliphatic carbocycles. The molecule has 2 aromatic heterocycles. The van der Waals surface area contributed by atoms with Crippen LogP contribution in [-0.2, 0) is 33.4 Å². The number of nitrogens with zero attached hydrogens (tertiary/aromatic N) is 3. The number of aliphatic hydroxyl groups is 1. The second-order valence-electron chi connectivity index (χ2n) is 5.06. The highest BCUT2D eigenvalue weighted by Gasteiger charge is 2.40. The summed E-state index contributed by atoms with van der Waals surface area (Å²) in [6.07, 6.45) is -0.412. The van der Waals surface area contributed by atoms with Gasteiger partial charge < -0.3 is 35.0 Å². The van der Waals surface area contributed by atoms with Crippen LogP contribution in [0.4, 0.5) is 5.95 Å². The molecule has 0 aliphatic rings. The van der Waals surface area contributed by atoms with E-state index in [1.165, 1.54) is 4.57 Å². The molecule has 2 unspecified atom stereocenters. The van der Waals surface area contributed by atoms with Crippen molar-refractivity contribution in [3.05, 3.63) is 16.7 Å². The Bertz CT molecular complexity index is 1060. The minimum absolute atomic E-state index is 0.00126. The molecular formula is C8H14N5O12P3. The first kappa shape index (κ1) is 22.8. The molecule has 158 valence electrons. The van der Waals surface area contributed by atoms with Gasteiger partial charge in [-0.05, 0) is 0 Å². The van der Waals surface area contributed by atoms with Gasteiger partial charge in [0.2, 0.25) is 5.95 Å². The average molecular weight is 465 g/mol. The number of anilines is 1. The fourth-order valence-electron chi connectivity index (χ4n) is 1.87. The molecule has 0 fully saturated rings. The largest absolute Gasteiger partial charge is 0.490 e. The number of phosphoric acid groups is 3. The van der Waals surface area contributed by atoms with Gasteiger partial charge in [0.25, 0.3) is 5.56 Å². The minimum atomic E-state index is -5.66. The first-order chi connectivity index (χ1) is 12.7. The Labute approximate surface area is 154 Å². The molecule has 0 aromatic carbocycles. The van der Waals surface area contributed by atoms with Crippen LogP contribution in [0.5, 0.6) is 0 Å². The normalized spacial score (nSPS) is 17.9. The van der Waals surface area contributed by atoms with Crippen LogP contribution in [0.2, 0.25) is 0 Å². The Morgan fingerprint density at radius 3 is 2.43 bits per heavy atom. The van der Waals surface area contributed by atoms with Crippen molar-refractivity contribution in [2.45, 2.75) is 12.6 Å². The van der Waals surface area contributed by atoms with Crippen LogP contribution in [0, 0.1) is 0 Å². The van der Waals surface area contributed by atoms with E-state index in [0.717, 1.165) is 6.33 Å². The zero-order chi connectivity index (χ0) is 21.3. The van der Waals surface area contributed by atoms with Crippen LogP contribution in [-0.4, -0.2) is 56.9 Å². The summed E-state index contributed by atoms with van der Waals surface area (Å²) < 4.78 is 45.8. The number of aromatic nitrogens is 4. The van der Waals surface area contributed by atoms with Crippen LogP contribution in [0.25, 0.3) is 11.2 Å². The highest BCUT2D eigenvalue weighted by Crippen LogP contribution is 2.66. The summed E-state index contributed by atoms with van der Waals surface area (Å²) in [4.78, 5) is 56.6. The summed E-state index contributed by atoms with van der Waals surface area (Å²) in [5.74, 6) is -0.220. The quantitative estimate of drug-likeness (QED) is 0.206. The van der Waals surface area contributed by atoms with Crippen LogP contribution in [0.15, 0.2) is 11.1 Å². The van der Waals surface area contributed by atoms with Crippen LogP contribution in [0.1, 0.15) is 0 Å². The number of H-pyrrole nitrogens is 1. The number of phosphoric ester groups is 1. The van der Waals surface area contributed by atoms with Gasteiger partial charge in [0.05, 0.1) is 25.6 Å². The Hall–Kier alpha value is -1.48. The second-order valence-corrected chi connectivity index (χ2v) is 9.48. The number of imidazole rings is 1. The topological polar surface area (TPSA) is 270 Å². The Morgan fingerprint density at radius 2 is 1.82 bits per heavy atom. The fraction of sp³-hybridized carbons (Fsp3) is 0.375. The van der Waals surface area contributed by atoms with Crippen LogP contribution in [0.3, 0.4) is 0 Å². The molecular weight excluding hydrogens is 451 g/mol. The summed E-state index contributed by atoms with van der Waals surface area (Å²) in [6, 6.07) is 0. The number of aliphatic hydroxyl groups excluding tert-OH is 1. The summed E-state index contributed by atoms with van der Waals surface area (Å²) in [7, 11) is -16.5. The number of nitrogens with two attached hydrogens (primary N) is 1. The van der Waals surface area contributed by atoms with Crippen molar-refractivity contribution < 1.29 is 51.5 Å². The Morgan fingerprint density at radius 1 is 1.18 bits per heavy atom. The minimum Gasteiger partial charge on any atom is -0.389 e. The van der Waals surface area contributed by atoms with E-state index in [-0.39, 0.29) is 23.7 Å². The zero-order valence-corrected chi connectivity index (χ0v) is 16.1. The number of fused-ring (bicyclic) bond motifs is 1. The molecule has 3 atom stereocenters. The summed E-state index contributed by atoms with van der Waals surface area (Å²) in [6.45, 7) is -1.30. The number of rotatable bonds is 9. The van der Waals surface area contributed by atoms with Crippen molar-refractivity contribution in [2.24, 2.45) is 0 Å². The first-order valence-electron chi connectivity index (χ1n) is 6.84. The van der Waals surface area contributed by atoms with Gasteiger partial charge in [-0.15, -0.1) is 0 Å². The monoisotopic (exact) mass is 465 g/mol. The van der Waals surface area contributed by atoms with Gasteiger partial charge in [-0.3, -0.25) is 14.3 Å². The summed E-state index contributed by atoms with van der Waals surface area (Å²) in [5.41, 5.74) is 4.68. The molecule has 0 amide bonds. The first-order valence-corrected chi connectivity index (χ1v) is 11.4. The van der Waals surface area contributed by atoms with Crippen molar-refractivity contribution in [2.75, 3.05) is 12.3 Å². The van der Waals surface area contributed by atoms with Gasteiger partial charge in [0.1, 0.15) is 0 Å². The number of nitrogen functional groups attached to an aromatic ring is 1. The predicted molar refractivity (Wildman–Crippen MR) is 88.4 cm³/mol. The maximum absolute atomic E-state index is 11.6. The maximum atomic E-state index is 11.6. The molecule has 20 heteroatoms. The van der Waals surface area contributed by atoms with Crippen molar-refractivity contribution in [1.29, 1.82) is 0 Å². The molecule has 2 aromatic rings. The van der Waals surface area contributed by atoms with Crippen molar-refractivity contribution in [3.63, 3.8) is 0 Å². The third-order valence-corrected chi connectivity index (χ3v) is 6.55. The lowest BCUT2D eigenvalue weighted by Crippen LogP contribution is -2.22. The molecule has 17 nitrogen and oxygen atoms in total. The van der Waals surface area contributed by atoms with Gasteiger partial charge in [-0.2, -0.15) is 13.6 Å². The van der Waals surface area contributed by atoms with Gasteiger partial charge in [-0.25, -0.2) is 18.7 Å². The molecule has 0 radical (unpaired) electrons. The zero-order valence-electron chi connectivity index (χ0n) is 13.4. The smallest absolute Gasteiger partial charge is 0.389 e. The molecule has 2 heterocycles. The van der Waals surface area contributed by atoms with Crippen LogP contribution >= 0.6 is 23.5 Å². The standard InChI is InChI=1S/C8H14N5O12P3/c9-8-11-6-5(7(15)12-8)10-3-13(6)1-4(14)2-23-27(19,20)25-28(21,22)24-26(16,17)18/h3-4,14H,1-2H2,(H,19,20)(H,21,22)(H2,16,17,18)(H3,9,11,12,15)/t4-/m0/s1. The van der Waals surface area contributed by atoms with E-state index in [4.69, 9.17) is 20.4 Å². The van der Waals surface area contributed by atoms with Gasteiger partial charge >= 0.3 is 23.5 Å². The van der Waals surface area contributed by atoms with Gasteiger partial charge in [0.15, 0.2) is 11.2 Å². The average Bonchev–Trinajstić information content (AvgIpc) is 2.84. The fourth-order valence-corrected chi connectivity index (χ4v) is 4.92. The highest BCUT2D eigenvalue weighted by atomic mass is 31.3. The Balaban J connectivity index is 2.01. The molecule has 0 spiro atoms. The van der Waals surface area contributed by atoms with Gasteiger partial charge in [-0.1, -0.05) is 0 Å². The molecule has 0 saturated heterocycles. The molecule has 2 rings (SSSR count). The van der Waals surface area contributed by atoms with E-state index in [1.807, 2.05) is 0 Å². The number of aromatic amines is 1. The number of hydrogen-bond donors (Lipinski definition) is 7. The third kappa shape index (κ3) is 6.55. The van der Waals surface area contributed by atoms with Gasteiger partial charge in [0, 0.05) is 0 Å². The second kappa shape index (κ2) is 8.10. The predicted octanol–water partition coefficient (Wildman–Crippen LogP) is -1.59. The van der Waals surface area contributed by atoms with E-state index >= 15 is 0 Å². The maximum Gasteiger partial charge on any atom is 0.490 e. The van der Waals surface area contributed by atoms with Crippen molar-refractivity contribution in [1.82, 2.24) is 19.5 Å². The molecule has 0 aliphatic heterocycles. The summed E-state index contributed by atoms with van der Waals surface area (Å²) in [5, 5.41) is 9.87. The van der Waals surface area contributed by atoms with E-state index in [9.17, 15) is 28.5 Å². The SMILES string of the molecule is Nc1nc2c(ncn2C[C@H](O)COP(=O)(O)OP(=O)(O)OP(=O)(O)O)c(=O)[nH]1.